The molecule has 5 nitrogen and oxygen atoms in total. The van der Waals surface area contributed by atoms with E-state index >= 15 is 0 Å². The molecule has 2 aromatic carbocycles. The Kier molecular flexibility index (Phi) is 6.89. The molecule has 0 bridgehead atoms. The highest BCUT2D eigenvalue weighted by Crippen LogP contribution is 2.30. The lowest BCUT2D eigenvalue weighted by atomic mass is 10.2. The topological polar surface area (TPSA) is 56.8 Å². The Bertz CT molecular complexity index is 774. The van der Waals surface area contributed by atoms with Gasteiger partial charge in [-0.25, -0.2) is 0 Å². The molecule has 0 saturated heterocycles. The molecule has 0 heterocycles. The molecule has 0 radical (unpaired) electrons. The Balaban J connectivity index is 2.12. The summed E-state index contributed by atoms with van der Waals surface area (Å²) in [5, 5.41) is 2.79. The number of nitrogens with one attached hydrogen (secondary N) is 1. The Labute approximate surface area is 155 Å². The van der Waals surface area contributed by atoms with E-state index in [9.17, 15) is 4.79 Å². The lowest BCUT2D eigenvalue weighted by molar-refractivity contribution is -0.111. The van der Waals surface area contributed by atoms with Crippen LogP contribution in [0, 0.1) is 0 Å². The van der Waals surface area contributed by atoms with Gasteiger partial charge < -0.3 is 19.5 Å². The first-order valence-electron chi connectivity index (χ1n) is 7.70. The SMILES string of the molecule is CCOc1ccc(Br)cc1C=CC(=O)Nc1ccc(OC)c(OC)c1. The minimum absolute atomic E-state index is 0.255. The van der Waals surface area contributed by atoms with Crippen LogP contribution in [0.1, 0.15) is 12.5 Å². The van der Waals surface area contributed by atoms with Gasteiger partial charge in [-0.2, -0.15) is 0 Å². The second kappa shape index (κ2) is 9.13. The first-order valence-corrected chi connectivity index (χ1v) is 8.50. The largest absolute Gasteiger partial charge is 0.493 e. The van der Waals surface area contributed by atoms with E-state index in [0.29, 0.717) is 23.8 Å². The van der Waals surface area contributed by atoms with Gasteiger partial charge in [-0.15, -0.1) is 0 Å². The van der Waals surface area contributed by atoms with Crippen molar-refractivity contribution in [2.75, 3.05) is 26.1 Å². The van der Waals surface area contributed by atoms with Crippen LogP contribution in [-0.2, 0) is 4.79 Å². The zero-order valence-electron chi connectivity index (χ0n) is 14.3. The second-order valence-electron chi connectivity index (χ2n) is 5.01. The number of amides is 1. The molecular formula is C19H20BrNO4. The molecule has 0 saturated carbocycles. The summed E-state index contributed by atoms with van der Waals surface area (Å²) >= 11 is 3.42. The molecule has 0 unspecified atom stereocenters. The molecule has 0 aliphatic heterocycles. The maximum Gasteiger partial charge on any atom is 0.248 e. The van der Waals surface area contributed by atoms with Crippen molar-refractivity contribution in [3.8, 4) is 17.2 Å². The standard InChI is InChI=1S/C19H20BrNO4/c1-4-25-16-8-6-14(20)11-13(16)5-10-19(22)21-15-7-9-17(23-2)18(12-15)24-3/h5-12H,4H2,1-3H3,(H,21,22). The highest BCUT2D eigenvalue weighted by Gasteiger charge is 2.07. The first kappa shape index (κ1) is 18.9. The van der Waals surface area contributed by atoms with Gasteiger partial charge >= 0.3 is 0 Å². The number of halogens is 1. The van der Waals surface area contributed by atoms with Gasteiger partial charge in [0.2, 0.25) is 5.91 Å². The predicted octanol–water partition coefficient (Wildman–Crippen LogP) is 4.52. The summed E-state index contributed by atoms with van der Waals surface area (Å²) in [6, 6.07) is 10.8. The number of carbonyl (C=O) groups is 1. The molecule has 2 rings (SSSR count). The maximum atomic E-state index is 12.2. The fourth-order valence-electron chi connectivity index (χ4n) is 2.20. The second-order valence-corrected chi connectivity index (χ2v) is 5.92. The van der Waals surface area contributed by atoms with Crippen molar-refractivity contribution in [2.24, 2.45) is 0 Å². The van der Waals surface area contributed by atoms with Gasteiger partial charge in [-0.3, -0.25) is 4.79 Å². The number of methoxy groups -OCH3 is 2. The van der Waals surface area contributed by atoms with Gasteiger partial charge in [0, 0.05) is 27.9 Å². The van der Waals surface area contributed by atoms with Crippen molar-refractivity contribution < 1.29 is 19.0 Å². The van der Waals surface area contributed by atoms with E-state index in [4.69, 9.17) is 14.2 Å². The van der Waals surface area contributed by atoms with Crippen molar-refractivity contribution in [1.82, 2.24) is 0 Å². The monoisotopic (exact) mass is 405 g/mol. The quantitative estimate of drug-likeness (QED) is 0.688. The summed E-state index contributed by atoms with van der Waals surface area (Å²) in [5.74, 6) is 1.62. The van der Waals surface area contributed by atoms with Crippen LogP contribution >= 0.6 is 15.9 Å². The summed E-state index contributed by atoms with van der Waals surface area (Å²) in [5.41, 5.74) is 1.44. The van der Waals surface area contributed by atoms with Crippen molar-refractivity contribution in [3.05, 3.63) is 52.5 Å². The molecule has 0 atom stereocenters. The van der Waals surface area contributed by atoms with E-state index in [1.165, 1.54) is 6.08 Å². The van der Waals surface area contributed by atoms with Crippen LogP contribution in [0.3, 0.4) is 0 Å². The van der Waals surface area contributed by atoms with Crippen molar-refractivity contribution in [1.29, 1.82) is 0 Å². The summed E-state index contributed by atoms with van der Waals surface area (Å²) < 4.78 is 16.9. The molecule has 6 heteroatoms. The molecule has 1 amide bonds. The van der Waals surface area contributed by atoms with Crippen LogP contribution in [-0.4, -0.2) is 26.7 Å². The van der Waals surface area contributed by atoms with Gasteiger partial charge in [0.25, 0.3) is 0 Å². The lowest BCUT2D eigenvalue weighted by Gasteiger charge is -2.10. The van der Waals surface area contributed by atoms with E-state index in [1.54, 1.807) is 38.5 Å². The third-order valence-electron chi connectivity index (χ3n) is 3.34. The molecule has 2 aromatic rings. The van der Waals surface area contributed by atoms with Crippen LogP contribution in [0.2, 0.25) is 0 Å². The molecule has 0 spiro atoms. The zero-order valence-corrected chi connectivity index (χ0v) is 15.9. The Morgan fingerprint density at radius 1 is 1.08 bits per heavy atom. The average molecular weight is 406 g/mol. The van der Waals surface area contributed by atoms with Crippen LogP contribution < -0.4 is 19.5 Å². The van der Waals surface area contributed by atoms with E-state index < -0.39 is 0 Å². The van der Waals surface area contributed by atoms with Crippen LogP contribution in [0.4, 0.5) is 5.69 Å². The van der Waals surface area contributed by atoms with Crippen molar-refractivity contribution >= 4 is 33.6 Å². The highest BCUT2D eigenvalue weighted by atomic mass is 79.9. The van der Waals surface area contributed by atoms with Crippen LogP contribution in [0.25, 0.3) is 6.08 Å². The Morgan fingerprint density at radius 2 is 1.80 bits per heavy atom. The number of hydrogen-bond donors (Lipinski definition) is 1. The Hall–Kier alpha value is -2.47. The minimum Gasteiger partial charge on any atom is -0.493 e. The summed E-state index contributed by atoms with van der Waals surface area (Å²) in [4.78, 5) is 12.2. The number of ether oxygens (including phenoxy) is 3. The molecular weight excluding hydrogens is 386 g/mol. The van der Waals surface area contributed by atoms with Gasteiger partial charge in [0.1, 0.15) is 5.75 Å². The molecule has 0 aliphatic rings. The Morgan fingerprint density at radius 3 is 2.48 bits per heavy atom. The van der Waals surface area contributed by atoms with Crippen LogP contribution in [0.5, 0.6) is 17.2 Å². The van der Waals surface area contributed by atoms with E-state index in [1.807, 2.05) is 25.1 Å². The molecule has 0 aromatic heterocycles. The average Bonchev–Trinajstić information content (AvgIpc) is 2.62. The maximum absolute atomic E-state index is 12.2. The third-order valence-corrected chi connectivity index (χ3v) is 3.83. The molecule has 0 aliphatic carbocycles. The number of anilines is 1. The van der Waals surface area contributed by atoms with Gasteiger partial charge in [0.05, 0.1) is 20.8 Å². The summed E-state index contributed by atoms with van der Waals surface area (Å²) in [6.07, 6.45) is 3.17. The summed E-state index contributed by atoms with van der Waals surface area (Å²) in [6.45, 7) is 2.47. The van der Waals surface area contributed by atoms with Crippen molar-refractivity contribution in [2.45, 2.75) is 6.92 Å². The molecule has 0 fully saturated rings. The van der Waals surface area contributed by atoms with Gasteiger partial charge in [0.15, 0.2) is 11.5 Å². The number of benzene rings is 2. The smallest absolute Gasteiger partial charge is 0.248 e. The predicted molar refractivity (Wildman–Crippen MR) is 103 cm³/mol. The van der Waals surface area contributed by atoms with E-state index in [-0.39, 0.29) is 5.91 Å². The minimum atomic E-state index is -0.255. The lowest BCUT2D eigenvalue weighted by Crippen LogP contribution is -2.08. The molecule has 132 valence electrons. The third kappa shape index (κ3) is 5.26. The number of hydrogen-bond acceptors (Lipinski definition) is 4. The normalized spacial score (nSPS) is 10.6. The fourth-order valence-corrected chi connectivity index (χ4v) is 2.58. The number of rotatable bonds is 7. The first-order chi connectivity index (χ1) is 12.1. The van der Waals surface area contributed by atoms with E-state index in [2.05, 4.69) is 21.2 Å². The number of carbonyl (C=O) groups excluding carboxylic acids is 1. The van der Waals surface area contributed by atoms with Crippen LogP contribution in [0.15, 0.2) is 46.9 Å². The van der Waals surface area contributed by atoms with Crippen molar-refractivity contribution in [3.63, 3.8) is 0 Å². The van der Waals surface area contributed by atoms with Gasteiger partial charge in [-0.1, -0.05) is 15.9 Å². The zero-order chi connectivity index (χ0) is 18.2. The highest BCUT2D eigenvalue weighted by molar-refractivity contribution is 9.10. The molecule has 1 N–H and O–H groups in total. The fraction of sp³-hybridized carbons (Fsp3) is 0.211. The molecule has 25 heavy (non-hydrogen) atoms. The summed E-state index contributed by atoms with van der Waals surface area (Å²) in [7, 11) is 3.11. The van der Waals surface area contributed by atoms with Gasteiger partial charge in [-0.05, 0) is 43.3 Å². The van der Waals surface area contributed by atoms with E-state index in [0.717, 1.165) is 15.8 Å².